The summed E-state index contributed by atoms with van der Waals surface area (Å²) in [4.78, 5) is 21.7. The van der Waals surface area contributed by atoms with E-state index >= 15 is 0 Å². The number of fused-ring (bicyclic) bond motifs is 1. The Morgan fingerprint density at radius 1 is 1.10 bits per heavy atom. The fourth-order valence-corrected chi connectivity index (χ4v) is 4.38. The first kappa shape index (κ1) is 20.7. The van der Waals surface area contributed by atoms with Crippen LogP contribution in [-0.4, -0.2) is 24.9 Å². The zero-order chi connectivity index (χ0) is 21.6. The van der Waals surface area contributed by atoms with Gasteiger partial charge in [-0.05, 0) is 42.7 Å². The summed E-state index contributed by atoms with van der Waals surface area (Å²) in [7, 11) is 0. The maximum absolute atomic E-state index is 12.8. The van der Waals surface area contributed by atoms with Gasteiger partial charge in [0.05, 0.1) is 10.0 Å². The van der Waals surface area contributed by atoms with Gasteiger partial charge in [0.2, 0.25) is 0 Å². The lowest BCUT2D eigenvalue weighted by atomic mass is 10.1. The van der Waals surface area contributed by atoms with Crippen LogP contribution < -0.4 is 5.56 Å². The summed E-state index contributed by atoms with van der Waals surface area (Å²) >= 11 is 18.9. The second kappa shape index (κ2) is 7.95. The highest BCUT2D eigenvalue weighted by atomic mass is 35.5. The van der Waals surface area contributed by atoms with Crippen molar-refractivity contribution in [3.63, 3.8) is 0 Å². The first-order valence-corrected chi connectivity index (χ1v) is 10.4. The number of hydrogen-bond acceptors (Lipinski definition) is 4. The van der Waals surface area contributed by atoms with Gasteiger partial charge in [0.1, 0.15) is 22.8 Å². The van der Waals surface area contributed by atoms with E-state index in [9.17, 15) is 9.90 Å². The lowest BCUT2D eigenvalue weighted by Crippen LogP contribution is -2.17. The number of aromatic hydroxyl groups is 1. The Bertz CT molecular complexity index is 1270. The number of aromatic nitrogens is 4. The van der Waals surface area contributed by atoms with E-state index in [2.05, 4.69) is 15.1 Å². The SMILES string of the molecule is CCc1[nH]n(-c2c(Cl)cc(Cl)cc2Cl)c2nc(Cc3ccc(O)c(C)c3)nc(=O)c1-2. The van der Waals surface area contributed by atoms with Crippen LogP contribution in [0.5, 0.6) is 5.75 Å². The third-order valence-corrected chi connectivity index (χ3v) is 5.64. The highest BCUT2D eigenvalue weighted by Crippen LogP contribution is 2.35. The van der Waals surface area contributed by atoms with E-state index in [0.29, 0.717) is 56.5 Å². The lowest BCUT2D eigenvalue weighted by Gasteiger charge is -2.12. The minimum Gasteiger partial charge on any atom is -0.508 e. The van der Waals surface area contributed by atoms with Gasteiger partial charge in [-0.25, -0.2) is 9.67 Å². The molecule has 0 aliphatic carbocycles. The Morgan fingerprint density at radius 2 is 1.80 bits per heavy atom. The molecular formula is C21H17Cl3N4O2. The van der Waals surface area contributed by atoms with Crippen LogP contribution in [0, 0.1) is 6.92 Å². The standard InChI is InChI=1S/C21H17Cl3N4O2/c1-3-15-18-20(28(27-15)19-13(23)8-12(22)9-14(19)24)25-17(26-21(18)30)7-11-4-5-16(29)10(2)6-11/h4-6,8-9,27,29H,3,7H2,1-2H3. The van der Waals surface area contributed by atoms with E-state index in [0.717, 1.165) is 11.1 Å². The van der Waals surface area contributed by atoms with Crippen molar-refractivity contribution in [3.05, 3.63) is 78.4 Å². The van der Waals surface area contributed by atoms with Crippen LogP contribution in [0.3, 0.4) is 0 Å². The molecule has 154 valence electrons. The summed E-state index contributed by atoms with van der Waals surface area (Å²) in [6.07, 6.45) is 0.905. The van der Waals surface area contributed by atoms with Crippen molar-refractivity contribution >= 4 is 34.8 Å². The number of H-pyrrole nitrogens is 1. The molecule has 9 heteroatoms. The van der Waals surface area contributed by atoms with Gasteiger partial charge < -0.3 is 5.11 Å². The van der Waals surface area contributed by atoms with Crippen molar-refractivity contribution in [1.29, 1.82) is 0 Å². The van der Waals surface area contributed by atoms with Gasteiger partial charge in [-0.2, -0.15) is 4.98 Å². The normalized spacial score (nSPS) is 11.4. The van der Waals surface area contributed by atoms with Crippen LogP contribution in [0.25, 0.3) is 17.1 Å². The third kappa shape index (κ3) is 3.67. The summed E-state index contributed by atoms with van der Waals surface area (Å²) in [5, 5.41) is 14.0. The van der Waals surface area contributed by atoms with Gasteiger partial charge in [0.15, 0.2) is 5.82 Å². The Hall–Kier alpha value is -2.54. The number of rotatable bonds is 4. The number of phenolic OH excluding ortho intramolecular Hbond substituents is 1. The predicted octanol–water partition coefficient (Wildman–Crippen LogP) is 5.19. The van der Waals surface area contributed by atoms with E-state index in [1.807, 2.05) is 13.0 Å². The first-order valence-electron chi connectivity index (χ1n) is 9.22. The first-order chi connectivity index (χ1) is 14.3. The fraction of sp³-hybridized carbons (Fsp3) is 0.190. The molecule has 0 saturated carbocycles. The second-order valence-corrected chi connectivity index (χ2v) is 8.19. The van der Waals surface area contributed by atoms with Crippen molar-refractivity contribution < 1.29 is 5.11 Å². The van der Waals surface area contributed by atoms with Crippen molar-refractivity contribution in [1.82, 2.24) is 19.7 Å². The van der Waals surface area contributed by atoms with E-state index in [1.165, 1.54) is 0 Å². The zero-order valence-corrected chi connectivity index (χ0v) is 18.4. The van der Waals surface area contributed by atoms with E-state index < -0.39 is 0 Å². The summed E-state index contributed by atoms with van der Waals surface area (Å²) in [5.74, 6) is 0.959. The minimum absolute atomic E-state index is 0.211. The van der Waals surface area contributed by atoms with Crippen molar-refractivity contribution in [2.45, 2.75) is 26.7 Å². The number of aromatic amines is 1. The summed E-state index contributed by atoms with van der Waals surface area (Å²) < 4.78 is 1.60. The van der Waals surface area contributed by atoms with Gasteiger partial charge in [0, 0.05) is 17.1 Å². The number of phenols is 1. The number of nitrogens with zero attached hydrogens (tertiary/aromatic N) is 3. The highest BCUT2D eigenvalue weighted by molar-refractivity contribution is 6.40. The number of halogens is 3. The summed E-state index contributed by atoms with van der Waals surface area (Å²) in [6, 6.07) is 8.38. The van der Waals surface area contributed by atoms with Crippen LogP contribution in [0.15, 0.2) is 35.1 Å². The molecule has 0 fully saturated rings. The molecule has 0 bridgehead atoms. The van der Waals surface area contributed by atoms with Gasteiger partial charge in [-0.15, -0.1) is 0 Å². The van der Waals surface area contributed by atoms with Crippen LogP contribution in [0.4, 0.5) is 0 Å². The van der Waals surface area contributed by atoms with E-state index in [1.54, 1.807) is 35.9 Å². The second-order valence-electron chi connectivity index (χ2n) is 6.94. The van der Waals surface area contributed by atoms with Crippen molar-refractivity contribution in [2.75, 3.05) is 0 Å². The number of nitrogens with one attached hydrogen (secondary N) is 1. The lowest BCUT2D eigenvalue weighted by molar-refractivity contribution is 0.471. The molecule has 0 aromatic heterocycles. The highest BCUT2D eigenvalue weighted by Gasteiger charge is 2.25. The molecule has 2 aromatic carbocycles. The molecule has 2 heterocycles. The molecule has 4 rings (SSSR count). The Labute approximate surface area is 187 Å². The van der Waals surface area contributed by atoms with Crippen LogP contribution in [0.2, 0.25) is 15.1 Å². The van der Waals surface area contributed by atoms with Gasteiger partial charge in [-0.3, -0.25) is 9.89 Å². The predicted molar refractivity (Wildman–Crippen MR) is 119 cm³/mol. The van der Waals surface area contributed by atoms with Crippen LogP contribution in [0.1, 0.15) is 29.6 Å². The van der Waals surface area contributed by atoms with Gasteiger partial charge in [0.25, 0.3) is 5.56 Å². The minimum atomic E-state index is -0.376. The molecule has 30 heavy (non-hydrogen) atoms. The Morgan fingerprint density at radius 3 is 2.43 bits per heavy atom. The molecule has 0 radical (unpaired) electrons. The topological polar surface area (TPSA) is 83.8 Å². The molecule has 2 N–H and O–H groups in total. The maximum Gasteiger partial charge on any atom is 0.284 e. The molecule has 0 amide bonds. The molecule has 0 unspecified atom stereocenters. The smallest absolute Gasteiger partial charge is 0.284 e. The Balaban J connectivity index is 1.90. The number of hydrogen-bond donors (Lipinski definition) is 2. The van der Waals surface area contributed by atoms with Gasteiger partial charge in [-0.1, -0.05) is 53.9 Å². The van der Waals surface area contributed by atoms with E-state index in [4.69, 9.17) is 34.8 Å². The molecule has 6 nitrogen and oxygen atoms in total. The third-order valence-electron chi connectivity index (χ3n) is 4.85. The number of benzene rings is 2. The molecule has 0 atom stereocenters. The van der Waals surface area contributed by atoms with Crippen LogP contribution >= 0.6 is 34.8 Å². The monoisotopic (exact) mass is 462 g/mol. The largest absolute Gasteiger partial charge is 0.508 e. The fourth-order valence-electron chi connectivity index (χ4n) is 3.40. The van der Waals surface area contributed by atoms with Crippen molar-refractivity contribution in [3.8, 4) is 22.8 Å². The maximum atomic E-state index is 12.8. The quantitative estimate of drug-likeness (QED) is 0.436. The molecular weight excluding hydrogens is 447 g/mol. The molecule has 2 aliphatic heterocycles. The molecule has 2 aromatic rings. The van der Waals surface area contributed by atoms with Gasteiger partial charge >= 0.3 is 0 Å². The molecule has 0 saturated heterocycles. The molecule has 2 aliphatic rings. The van der Waals surface area contributed by atoms with E-state index in [-0.39, 0.29) is 11.3 Å². The average Bonchev–Trinajstić information content (AvgIpc) is 3.03. The van der Waals surface area contributed by atoms with Crippen LogP contribution in [-0.2, 0) is 12.8 Å². The zero-order valence-electron chi connectivity index (χ0n) is 16.1. The van der Waals surface area contributed by atoms with Crippen molar-refractivity contribution in [2.24, 2.45) is 0 Å². The Kier molecular flexibility index (Phi) is 5.49. The summed E-state index contributed by atoms with van der Waals surface area (Å²) in [6.45, 7) is 3.73. The molecule has 0 spiro atoms. The average molecular weight is 464 g/mol. The number of aryl methyl sites for hydroxylation is 2. The summed E-state index contributed by atoms with van der Waals surface area (Å²) in [5.41, 5.74) is 2.77.